The van der Waals surface area contributed by atoms with Crippen LogP contribution in [0.5, 0.6) is 0 Å². The van der Waals surface area contributed by atoms with E-state index < -0.39 is 0 Å². The van der Waals surface area contributed by atoms with E-state index in [9.17, 15) is 9.59 Å². The van der Waals surface area contributed by atoms with Crippen LogP contribution in [0, 0.1) is 0 Å². The van der Waals surface area contributed by atoms with Crippen molar-refractivity contribution in [2.24, 2.45) is 0 Å². The fourth-order valence-electron chi connectivity index (χ4n) is 3.13. The van der Waals surface area contributed by atoms with Gasteiger partial charge in [-0.05, 0) is 60.2 Å². The molecule has 6 heteroatoms. The monoisotopic (exact) mass is 363 g/mol. The lowest BCUT2D eigenvalue weighted by Crippen LogP contribution is -2.35. The van der Waals surface area contributed by atoms with E-state index in [2.05, 4.69) is 10.3 Å². The van der Waals surface area contributed by atoms with Crippen LogP contribution < -0.4 is 10.2 Å². The molecule has 3 aromatic rings. The van der Waals surface area contributed by atoms with Crippen molar-refractivity contribution in [3.63, 3.8) is 0 Å². The minimum absolute atomic E-state index is 0.0366. The van der Waals surface area contributed by atoms with Crippen LogP contribution in [0.15, 0.2) is 60.2 Å². The maximum Gasteiger partial charge on any atom is 0.268 e. The number of hydrogen-bond acceptors (Lipinski definition) is 4. The third-order valence-electron chi connectivity index (χ3n) is 4.38. The molecule has 0 radical (unpaired) electrons. The first-order valence-corrected chi connectivity index (χ1v) is 9.30. The predicted octanol–water partition coefficient (Wildman–Crippen LogP) is 3.99. The van der Waals surface area contributed by atoms with Gasteiger partial charge in [-0.15, -0.1) is 11.3 Å². The summed E-state index contributed by atoms with van der Waals surface area (Å²) in [6.45, 7) is 0.715. The predicted molar refractivity (Wildman–Crippen MR) is 103 cm³/mol. The standard InChI is InChI=1S/C20H17N3O2S/c24-19(14-7-9-21-10-8-14)22-16-5-6-17-15(13-16)3-1-11-23(17)20(25)18-4-2-12-26-18/h2,4-10,12-13H,1,3,11H2,(H,22,24). The maximum atomic E-state index is 12.7. The van der Waals surface area contributed by atoms with Gasteiger partial charge in [0.15, 0.2) is 0 Å². The summed E-state index contributed by atoms with van der Waals surface area (Å²) in [6.07, 6.45) is 4.99. The van der Waals surface area contributed by atoms with E-state index in [0.717, 1.165) is 34.7 Å². The molecule has 26 heavy (non-hydrogen) atoms. The zero-order valence-corrected chi connectivity index (χ0v) is 14.8. The number of benzene rings is 1. The van der Waals surface area contributed by atoms with Crippen LogP contribution in [0.3, 0.4) is 0 Å². The van der Waals surface area contributed by atoms with E-state index in [1.54, 1.807) is 24.5 Å². The minimum Gasteiger partial charge on any atom is -0.322 e. The molecule has 0 fully saturated rings. The number of thiophene rings is 1. The van der Waals surface area contributed by atoms with E-state index in [1.165, 1.54) is 11.3 Å². The molecular formula is C20H17N3O2S. The van der Waals surface area contributed by atoms with Crippen LogP contribution in [-0.4, -0.2) is 23.3 Å². The van der Waals surface area contributed by atoms with E-state index in [0.29, 0.717) is 12.1 Å². The van der Waals surface area contributed by atoms with Crippen molar-refractivity contribution in [1.82, 2.24) is 4.98 Å². The highest BCUT2D eigenvalue weighted by atomic mass is 32.1. The Morgan fingerprint density at radius 2 is 1.96 bits per heavy atom. The van der Waals surface area contributed by atoms with Crippen LogP contribution in [0.2, 0.25) is 0 Å². The largest absolute Gasteiger partial charge is 0.322 e. The fraction of sp³-hybridized carbons (Fsp3) is 0.150. The molecule has 0 unspecified atom stereocenters. The minimum atomic E-state index is -0.172. The normalized spacial score (nSPS) is 13.2. The Balaban J connectivity index is 1.57. The summed E-state index contributed by atoms with van der Waals surface area (Å²) < 4.78 is 0. The lowest BCUT2D eigenvalue weighted by Gasteiger charge is -2.29. The average Bonchev–Trinajstić information content (AvgIpc) is 3.22. The number of pyridine rings is 1. The smallest absolute Gasteiger partial charge is 0.268 e. The molecule has 4 rings (SSSR count). The van der Waals surface area contributed by atoms with Crippen molar-refractivity contribution in [2.45, 2.75) is 12.8 Å². The van der Waals surface area contributed by atoms with E-state index >= 15 is 0 Å². The zero-order chi connectivity index (χ0) is 17.9. The highest BCUT2D eigenvalue weighted by Gasteiger charge is 2.24. The fourth-order valence-corrected chi connectivity index (χ4v) is 3.80. The zero-order valence-electron chi connectivity index (χ0n) is 14.0. The Bertz CT molecular complexity index is 939. The first-order chi connectivity index (χ1) is 12.7. The van der Waals surface area contributed by atoms with Crippen LogP contribution >= 0.6 is 11.3 Å². The van der Waals surface area contributed by atoms with Crippen molar-refractivity contribution in [2.75, 3.05) is 16.8 Å². The van der Waals surface area contributed by atoms with E-state index in [4.69, 9.17) is 0 Å². The lowest BCUT2D eigenvalue weighted by atomic mass is 10.0. The summed E-state index contributed by atoms with van der Waals surface area (Å²) in [5.74, 6) is -0.135. The van der Waals surface area contributed by atoms with Crippen LogP contribution in [0.4, 0.5) is 11.4 Å². The molecule has 3 heterocycles. The molecule has 0 saturated heterocycles. The number of fused-ring (bicyclic) bond motifs is 1. The van der Waals surface area contributed by atoms with Gasteiger partial charge in [0.1, 0.15) is 0 Å². The molecule has 2 aromatic heterocycles. The Hall–Kier alpha value is -2.99. The number of carbonyl (C=O) groups is 2. The first kappa shape index (κ1) is 16.5. The van der Waals surface area contributed by atoms with Gasteiger partial charge in [0.05, 0.1) is 4.88 Å². The topological polar surface area (TPSA) is 62.3 Å². The molecule has 2 amide bonds. The van der Waals surface area contributed by atoms with Gasteiger partial charge in [-0.1, -0.05) is 6.07 Å². The number of anilines is 2. The van der Waals surface area contributed by atoms with Crippen molar-refractivity contribution < 1.29 is 9.59 Å². The van der Waals surface area contributed by atoms with Gasteiger partial charge >= 0.3 is 0 Å². The van der Waals surface area contributed by atoms with E-state index in [-0.39, 0.29) is 11.8 Å². The van der Waals surface area contributed by atoms with E-state index in [1.807, 2.05) is 40.6 Å². The summed E-state index contributed by atoms with van der Waals surface area (Å²) in [5.41, 5.74) is 3.30. The number of carbonyl (C=O) groups excluding carboxylic acids is 2. The van der Waals surface area contributed by atoms with Gasteiger partial charge in [0.25, 0.3) is 11.8 Å². The number of rotatable bonds is 3. The summed E-state index contributed by atoms with van der Waals surface area (Å²) >= 11 is 1.46. The number of aryl methyl sites for hydroxylation is 1. The highest BCUT2D eigenvalue weighted by molar-refractivity contribution is 7.12. The Morgan fingerprint density at radius 3 is 2.73 bits per heavy atom. The number of aromatic nitrogens is 1. The summed E-state index contributed by atoms with van der Waals surface area (Å²) in [7, 11) is 0. The Kier molecular flexibility index (Phi) is 4.50. The van der Waals surface area contributed by atoms with Crippen LogP contribution in [0.1, 0.15) is 32.0 Å². The number of nitrogens with one attached hydrogen (secondary N) is 1. The van der Waals surface area contributed by atoms with Crippen LogP contribution in [-0.2, 0) is 6.42 Å². The first-order valence-electron chi connectivity index (χ1n) is 8.42. The second-order valence-electron chi connectivity index (χ2n) is 6.07. The third kappa shape index (κ3) is 3.23. The molecule has 0 aliphatic carbocycles. The molecule has 1 aliphatic rings. The average molecular weight is 363 g/mol. The molecule has 130 valence electrons. The number of nitrogens with zero attached hydrogens (tertiary/aromatic N) is 2. The second kappa shape index (κ2) is 7.09. The maximum absolute atomic E-state index is 12.7. The second-order valence-corrected chi connectivity index (χ2v) is 7.02. The van der Waals surface area contributed by atoms with Crippen molar-refractivity contribution in [3.8, 4) is 0 Å². The summed E-state index contributed by atoms with van der Waals surface area (Å²) in [4.78, 5) is 31.5. The summed E-state index contributed by atoms with van der Waals surface area (Å²) in [5, 5.41) is 4.82. The third-order valence-corrected chi connectivity index (χ3v) is 5.23. The molecular weight excluding hydrogens is 346 g/mol. The molecule has 0 spiro atoms. The molecule has 1 aromatic carbocycles. The SMILES string of the molecule is O=C(Nc1ccc2c(c1)CCCN2C(=O)c1cccs1)c1ccncc1. The van der Waals surface area contributed by atoms with Crippen LogP contribution in [0.25, 0.3) is 0 Å². The lowest BCUT2D eigenvalue weighted by molar-refractivity contribution is 0.0987. The Labute approximate surface area is 155 Å². The molecule has 0 saturated carbocycles. The van der Waals surface area contributed by atoms with Crippen molar-refractivity contribution in [3.05, 3.63) is 76.2 Å². The molecule has 5 nitrogen and oxygen atoms in total. The van der Waals surface area contributed by atoms with Gasteiger partial charge < -0.3 is 10.2 Å². The Morgan fingerprint density at radius 1 is 1.12 bits per heavy atom. The molecule has 0 atom stereocenters. The highest BCUT2D eigenvalue weighted by Crippen LogP contribution is 2.31. The van der Waals surface area contributed by atoms with Gasteiger partial charge in [-0.2, -0.15) is 0 Å². The molecule has 0 bridgehead atoms. The quantitative estimate of drug-likeness (QED) is 0.765. The number of hydrogen-bond donors (Lipinski definition) is 1. The van der Waals surface area contributed by atoms with Gasteiger partial charge in [0, 0.05) is 35.9 Å². The number of amides is 2. The molecule has 1 N–H and O–H groups in total. The summed E-state index contributed by atoms with van der Waals surface area (Å²) in [6, 6.07) is 12.8. The van der Waals surface area contributed by atoms with Crippen molar-refractivity contribution in [1.29, 1.82) is 0 Å². The van der Waals surface area contributed by atoms with Gasteiger partial charge in [-0.3, -0.25) is 14.6 Å². The molecule has 1 aliphatic heterocycles. The van der Waals surface area contributed by atoms with Gasteiger partial charge in [-0.25, -0.2) is 0 Å². The van der Waals surface area contributed by atoms with Gasteiger partial charge in [0.2, 0.25) is 0 Å². The van der Waals surface area contributed by atoms with Crippen molar-refractivity contribution >= 4 is 34.5 Å².